The highest BCUT2D eigenvalue weighted by atomic mass is 35.5. The lowest BCUT2D eigenvalue weighted by Crippen LogP contribution is -2.34. The number of carbonyl (C=O) groups excluding carboxylic acids is 1. The Morgan fingerprint density at radius 2 is 2.07 bits per heavy atom. The molecule has 0 bridgehead atoms. The average molecular weight is 397 g/mol. The Kier molecular flexibility index (Phi) is 5.38. The summed E-state index contributed by atoms with van der Waals surface area (Å²) < 4.78 is 2.28. The number of aryl methyl sites for hydroxylation is 1. The second-order valence-corrected chi connectivity index (χ2v) is 7.70. The van der Waals surface area contributed by atoms with E-state index in [1.807, 2.05) is 37.3 Å². The Morgan fingerprint density at radius 1 is 1.25 bits per heavy atom. The maximum absolute atomic E-state index is 12.7. The van der Waals surface area contributed by atoms with Gasteiger partial charge in [-0.05, 0) is 63.1 Å². The van der Waals surface area contributed by atoms with Gasteiger partial charge in [0.25, 0.3) is 0 Å². The molecule has 0 saturated carbocycles. The van der Waals surface area contributed by atoms with E-state index in [0.717, 1.165) is 54.0 Å². The van der Waals surface area contributed by atoms with Crippen LogP contribution in [-0.2, 0) is 11.3 Å². The van der Waals surface area contributed by atoms with E-state index in [2.05, 4.69) is 33.8 Å². The molecule has 2 heterocycles. The zero-order chi connectivity index (χ0) is 19.7. The van der Waals surface area contributed by atoms with E-state index in [-0.39, 0.29) is 11.9 Å². The molecule has 0 spiro atoms. The summed E-state index contributed by atoms with van der Waals surface area (Å²) >= 11 is 6.17. The quantitative estimate of drug-likeness (QED) is 0.674. The first-order valence-electron chi connectivity index (χ1n) is 9.82. The molecule has 1 amide bonds. The monoisotopic (exact) mass is 396 g/mol. The number of nitrogens with one attached hydrogen (secondary N) is 1. The first-order chi connectivity index (χ1) is 13.6. The summed E-state index contributed by atoms with van der Waals surface area (Å²) in [7, 11) is 0. The lowest BCUT2D eigenvalue weighted by Gasteiger charge is -2.24. The van der Waals surface area contributed by atoms with Crippen LogP contribution in [0.1, 0.15) is 37.2 Å². The van der Waals surface area contributed by atoms with Crippen molar-refractivity contribution < 1.29 is 4.79 Å². The fourth-order valence-corrected chi connectivity index (χ4v) is 4.28. The highest BCUT2D eigenvalue weighted by molar-refractivity contribution is 6.31. The Labute approximate surface area is 170 Å². The van der Waals surface area contributed by atoms with Crippen molar-refractivity contribution in [3.63, 3.8) is 0 Å². The van der Waals surface area contributed by atoms with Crippen LogP contribution in [0, 0.1) is 6.92 Å². The maximum atomic E-state index is 12.7. The van der Waals surface area contributed by atoms with Gasteiger partial charge in [-0.15, -0.1) is 0 Å². The molecule has 3 aromatic rings. The molecule has 2 aromatic carbocycles. The second kappa shape index (κ2) is 7.94. The number of anilines is 1. The van der Waals surface area contributed by atoms with Gasteiger partial charge in [0, 0.05) is 17.3 Å². The second-order valence-electron chi connectivity index (χ2n) is 7.29. The molecule has 1 atom stereocenters. The molecule has 1 N–H and O–H groups in total. The van der Waals surface area contributed by atoms with E-state index in [9.17, 15) is 4.79 Å². The van der Waals surface area contributed by atoms with Gasteiger partial charge in [0.1, 0.15) is 5.82 Å². The summed E-state index contributed by atoms with van der Waals surface area (Å²) in [6.45, 7) is 6.18. The van der Waals surface area contributed by atoms with E-state index in [4.69, 9.17) is 16.6 Å². The van der Waals surface area contributed by atoms with Crippen molar-refractivity contribution in [2.75, 3.05) is 18.4 Å². The first kappa shape index (κ1) is 19.0. The third-order valence-corrected chi connectivity index (χ3v) is 5.96. The van der Waals surface area contributed by atoms with Crippen molar-refractivity contribution >= 4 is 34.2 Å². The average Bonchev–Trinajstić information content (AvgIpc) is 3.28. The highest BCUT2D eigenvalue weighted by Crippen LogP contribution is 2.33. The van der Waals surface area contributed by atoms with Crippen molar-refractivity contribution in [3.8, 4) is 0 Å². The molecule has 1 aliphatic rings. The number of hydrogen-bond acceptors (Lipinski definition) is 3. The number of likely N-dealkylation sites (tertiary alicyclic amines) is 1. The van der Waals surface area contributed by atoms with Crippen molar-refractivity contribution in [3.05, 3.63) is 58.9 Å². The molecule has 0 unspecified atom stereocenters. The van der Waals surface area contributed by atoms with Crippen LogP contribution in [0.25, 0.3) is 11.0 Å². The van der Waals surface area contributed by atoms with Gasteiger partial charge >= 0.3 is 0 Å². The van der Waals surface area contributed by atoms with Gasteiger partial charge in [-0.25, -0.2) is 4.98 Å². The van der Waals surface area contributed by atoms with Gasteiger partial charge in [-0.2, -0.15) is 0 Å². The van der Waals surface area contributed by atoms with E-state index in [1.54, 1.807) is 0 Å². The summed E-state index contributed by atoms with van der Waals surface area (Å²) in [5, 5.41) is 3.67. The van der Waals surface area contributed by atoms with E-state index in [0.29, 0.717) is 11.6 Å². The molecule has 0 radical (unpaired) electrons. The van der Waals surface area contributed by atoms with Gasteiger partial charge in [-0.3, -0.25) is 9.69 Å². The van der Waals surface area contributed by atoms with Crippen LogP contribution in [0.15, 0.2) is 42.5 Å². The Balaban J connectivity index is 1.54. The van der Waals surface area contributed by atoms with Gasteiger partial charge in [0.2, 0.25) is 5.91 Å². The van der Waals surface area contributed by atoms with Gasteiger partial charge in [0.05, 0.1) is 23.6 Å². The van der Waals surface area contributed by atoms with Crippen LogP contribution < -0.4 is 5.32 Å². The lowest BCUT2D eigenvalue weighted by molar-refractivity contribution is -0.117. The SMILES string of the molecule is CCn1c([C@@H]2CCCN2CC(=O)Nc2cccc(Cl)c2C)nc2ccccc21. The van der Waals surface area contributed by atoms with Gasteiger partial charge in [0.15, 0.2) is 0 Å². The maximum Gasteiger partial charge on any atom is 0.238 e. The number of para-hydroxylation sites is 2. The van der Waals surface area contributed by atoms with Crippen molar-refractivity contribution in [1.29, 1.82) is 0 Å². The van der Waals surface area contributed by atoms with Gasteiger partial charge in [-0.1, -0.05) is 29.8 Å². The highest BCUT2D eigenvalue weighted by Gasteiger charge is 2.31. The number of amides is 1. The normalized spacial score (nSPS) is 17.3. The molecule has 146 valence electrons. The Morgan fingerprint density at radius 3 is 2.89 bits per heavy atom. The van der Waals surface area contributed by atoms with Crippen LogP contribution in [0.5, 0.6) is 0 Å². The summed E-state index contributed by atoms with van der Waals surface area (Å²) in [6.07, 6.45) is 2.09. The van der Waals surface area contributed by atoms with Crippen LogP contribution in [0.4, 0.5) is 5.69 Å². The molecule has 1 fully saturated rings. The summed E-state index contributed by atoms with van der Waals surface area (Å²) in [5.74, 6) is 1.05. The molecular formula is C22H25ClN4O. The first-order valence-corrected chi connectivity index (χ1v) is 10.2. The van der Waals surface area contributed by atoms with Crippen LogP contribution >= 0.6 is 11.6 Å². The zero-order valence-electron chi connectivity index (χ0n) is 16.3. The standard InChI is InChI=1S/C22H25ClN4O/c1-3-27-19-11-5-4-9-18(19)25-22(27)20-12-7-13-26(20)14-21(28)24-17-10-6-8-16(23)15(17)2/h4-6,8-11,20H,3,7,12-14H2,1-2H3,(H,24,28)/t20-/m0/s1. The molecule has 0 aliphatic carbocycles. The summed E-state index contributed by atoms with van der Waals surface area (Å²) in [5.41, 5.74) is 3.84. The number of halogens is 1. The molecule has 28 heavy (non-hydrogen) atoms. The molecular weight excluding hydrogens is 372 g/mol. The lowest BCUT2D eigenvalue weighted by atomic mass is 10.2. The van der Waals surface area contributed by atoms with Crippen molar-refractivity contribution in [2.45, 2.75) is 39.3 Å². The number of hydrogen-bond donors (Lipinski definition) is 1. The van der Waals surface area contributed by atoms with Gasteiger partial charge < -0.3 is 9.88 Å². The van der Waals surface area contributed by atoms with Crippen LogP contribution in [-0.4, -0.2) is 33.4 Å². The predicted molar refractivity (Wildman–Crippen MR) is 114 cm³/mol. The molecule has 1 saturated heterocycles. The minimum Gasteiger partial charge on any atom is -0.327 e. The zero-order valence-corrected chi connectivity index (χ0v) is 17.0. The minimum atomic E-state index is -0.0172. The molecule has 4 rings (SSSR count). The smallest absolute Gasteiger partial charge is 0.238 e. The number of fused-ring (bicyclic) bond motifs is 1. The van der Waals surface area contributed by atoms with Crippen LogP contribution in [0.3, 0.4) is 0 Å². The molecule has 1 aromatic heterocycles. The fourth-order valence-electron chi connectivity index (χ4n) is 4.11. The number of carbonyl (C=O) groups is 1. The molecule has 6 heteroatoms. The third kappa shape index (κ3) is 3.52. The fraction of sp³-hybridized carbons (Fsp3) is 0.364. The summed E-state index contributed by atoms with van der Waals surface area (Å²) in [6, 6.07) is 14.0. The summed E-state index contributed by atoms with van der Waals surface area (Å²) in [4.78, 5) is 19.9. The number of rotatable bonds is 5. The number of nitrogens with zero attached hydrogens (tertiary/aromatic N) is 3. The van der Waals surface area contributed by atoms with E-state index < -0.39 is 0 Å². The molecule has 1 aliphatic heterocycles. The Bertz CT molecular complexity index is 1010. The van der Waals surface area contributed by atoms with Crippen molar-refractivity contribution in [2.24, 2.45) is 0 Å². The number of aromatic nitrogens is 2. The predicted octanol–water partition coefficient (Wildman–Crippen LogP) is 4.79. The van der Waals surface area contributed by atoms with Crippen molar-refractivity contribution in [1.82, 2.24) is 14.5 Å². The Hall–Kier alpha value is -2.37. The van der Waals surface area contributed by atoms with Crippen LogP contribution in [0.2, 0.25) is 5.02 Å². The van der Waals surface area contributed by atoms with E-state index >= 15 is 0 Å². The largest absolute Gasteiger partial charge is 0.327 e. The third-order valence-electron chi connectivity index (χ3n) is 5.55. The minimum absolute atomic E-state index is 0.0172. The topological polar surface area (TPSA) is 50.2 Å². The molecule has 5 nitrogen and oxygen atoms in total. The van der Waals surface area contributed by atoms with E-state index in [1.165, 1.54) is 0 Å². The number of imidazole rings is 1. The number of benzene rings is 2.